The molecule has 2 N–H and O–H groups in total. The first-order valence-electron chi connectivity index (χ1n) is 12.0. The van der Waals surface area contributed by atoms with Crippen molar-refractivity contribution in [2.24, 2.45) is 0 Å². The molecule has 3 aromatic rings. The normalized spacial score (nSPS) is 12.4. The Kier molecular flexibility index (Phi) is 9.12. The highest BCUT2D eigenvalue weighted by atomic mass is 19.1. The number of hydrogen-bond acceptors (Lipinski definition) is 4. The maximum atomic E-state index is 14.9. The number of ether oxygens (including phenoxy) is 1. The van der Waals surface area contributed by atoms with E-state index >= 15 is 0 Å². The van der Waals surface area contributed by atoms with Crippen LogP contribution >= 0.6 is 0 Å². The molecule has 0 bridgehead atoms. The zero-order valence-corrected chi connectivity index (χ0v) is 21.7. The maximum Gasteiger partial charge on any atom is 0.333 e. The fourth-order valence-corrected chi connectivity index (χ4v) is 3.96. The average molecular weight is 521 g/mol. The standard InChI is InChI=1S/C30H30F2N2O4/c1-19(29(37)38-4)16-26(28(36)34-30(2,3)18-20-10-13-23(31)14-11-20)33-27(35)24-15-12-22(17-25(24)32)21-8-6-5-7-9-21/h5-17,26H,18H2,1-4H3,(H,33,35)(H,34,36)/b19-16+/t26-/m0/s1. The predicted octanol–water partition coefficient (Wildman–Crippen LogP) is 4.99. The van der Waals surface area contributed by atoms with E-state index in [4.69, 9.17) is 4.74 Å². The molecule has 6 nitrogen and oxygen atoms in total. The van der Waals surface area contributed by atoms with Gasteiger partial charge in [0.05, 0.1) is 12.7 Å². The highest BCUT2D eigenvalue weighted by Crippen LogP contribution is 2.22. The van der Waals surface area contributed by atoms with Gasteiger partial charge in [-0.25, -0.2) is 13.6 Å². The molecular weight excluding hydrogens is 490 g/mol. The quantitative estimate of drug-likeness (QED) is 0.308. The van der Waals surface area contributed by atoms with Crippen LogP contribution in [0.15, 0.2) is 84.4 Å². The maximum absolute atomic E-state index is 14.9. The number of carbonyl (C=O) groups is 3. The van der Waals surface area contributed by atoms with Crippen LogP contribution in [0.5, 0.6) is 0 Å². The number of halogens is 2. The third kappa shape index (κ3) is 7.59. The van der Waals surface area contributed by atoms with Crippen molar-refractivity contribution >= 4 is 17.8 Å². The first kappa shape index (κ1) is 28.2. The first-order chi connectivity index (χ1) is 18.0. The van der Waals surface area contributed by atoms with Gasteiger partial charge in [-0.15, -0.1) is 0 Å². The highest BCUT2D eigenvalue weighted by molar-refractivity contribution is 5.99. The van der Waals surface area contributed by atoms with E-state index in [1.807, 2.05) is 30.3 Å². The Bertz CT molecular complexity index is 1340. The molecule has 0 saturated heterocycles. The van der Waals surface area contributed by atoms with Crippen LogP contribution in [0.3, 0.4) is 0 Å². The molecule has 0 heterocycles. The van der Waals surface area contributed by atoms with Gasteiger partial charge in [-0.1, -0.05) is 48.5 Å². The molecule has 0 saturated carbocycles. The lowest BCUT2D eigenvalue weighted by molar-refractivity contribution is -0.136. The van der Waals surface area contributed by atoms with Crippen molar-refractivity contribution in [2.45, 2.75) is 38.8 Å². The molecule has 38 heavy (non-hydrogen) atoms. The molecule has 198 valence electrons. The van der Waals surface area contributed by atoms with Crippen molar-refractivity contribution in [1.29, 1.82) is 0 Å². The number of amides is 2. The fourth-order valence-electron chi connectivity index (χ4n) is 3.96. The van der Waals surface area contributed by atoms with Gasteiger partial charge >= 0.3 is 5.97 Å². The summed E-state index contributed by atoms with van der Waals surface area (Å²) in [4.78, 5) is 38.3. The minimum absolute atomic E-state index is 0.0872. The molecule has 0 radical (unpaired) electrons. The Balaban J connectivity index is 1.82. The molecule has 0 aliphatic carbocycles. The summed E-state index contributed by atoms with van der Waals surface area (Å²) in [6, 6.07) is 17.9. The molecule has 0 spiro atoms. The Morgan fingerprint density at radius 2 is 1.61 bits per heavy atom. The van der Waals surface area contributed by atoms with Gasteiger partial charge in [0, 0.05) is 11.1 Å². The lowest BCUT2D eigenvalue weighted by Crippen LogP contribution is -2.53. The lowest BCUT2D eigenvalue weighted by Gasteiger charge is -2.29. The van der Waals surface area contributed by atoms with E-state index in [0.717, 1.165) is 11.1 Å². The molecule has 0 aliphatic rings. The second-order valence-electron chi connectivity index (χ2n) is 9.53. The zero-order chi connectivity index (χ0) is 27.9. The Labute approximate surface area is 220 Å². The predicted molar refractivity (Wildman–Crippen MR) is 141 cm³/mol. The number of carbonyl (C=O) groups excluding carboxylic acids is 3. The highest BCUT2D eigenvalue weighted by Gasteiger charge is 2.28. The van der Waals surface area contributed by atoms with Crippen molar-refractivity contribution in [3.05, 3.63) is 107 Å². The fraction of sp³-hybridized carbons (Fsp3) is 0.233. The second kappa shape index (κ2) is 12.3. The van der Waals surface area contributed by atoms with Crippen LogP contribution in [0.2, 0.25) is 0 Å². The van der Waals surface area contributed by atoms with E-state index in [9.17, 15) is 23.2 Å². The molecular formula is C30H30F2N2O4. The van der Waals surface area contributed by atoms with Crippen LogP contribution in [-0.4, -0.2) is 36.5 Å². The number of benzene rings is 3. The Morgan fingerprint density at radius 1 is 0.947 bits per heavy atom. The van der Waals surface area contributed by atoms with Crippen molar-refractivity contribution in [3.63, 3.8) is 0 Å². The van der Waals surface area contributed by atoms with Gasteiger partial charge in [0.15, 0.2) is 0 Å². The van der Waals surface area contributed by atoms with Gasteiger partial charge < -0.3 is 15.4 Å². The molecule has 0 unspecified atom stereocenters. The second-order valence-corrected chi connectivity index (χ2v) is 9.53. The van der Waals surface area contributed by atoms with Gasteiger partial charge in [0.2, 0.25) is 5.91 Å². The van der Waals surface area contributed by atoms with Crippen LogP contribution in [0, 0.1) is 11.6 Å². The van der Waals surface area contributed by atoms with Crippen molar-refractivity contribution < 1.29 is 27.9 Å². The third-order valence-electron chi connectivity index (χ3n) is 5.83. The molecule has 0 aromatic heterocycles. The van der Waals surface area contributed by atoms with E-state index < -0.39 is 35.2 Å². The molecule has 3 aromatic carbocycles. The molecule has 0 aliphatic heterocycles. The van der Waals surface area contributed by atoms with Crippen LogP contribution in [-0.2, 0) is 20.7 Å². The molecule has 8 heteroatoms. The number of rotatable bonds is 9. The number of hydrogen-bond donors (Lipinski definition) is 2. The smallest absolute Gasteiger partial charge is 0.333 e. The summed E-state index contributed by atoms with van der Waals surface area (Å²) in [5.41, 5.74) is 1.21. The number of methoxy groups -OCH3 is 1. The Hall–Kier alpha value is -4.33. The van der Waals surface area contributed by atoms with E-state index in [0.29, 0.717) is 12.0 Å². The van der Waals surface area contributed by atoms with Crippen LogP contribution < -0.4 is 10.6 Å². The average Bonchev–Trinajstić information content (AvgIpc) is 2.88. The first-order valence-corrected chi connectivity index (χ1v) is 12.0. The van der Waals surface area contributed by atoms with E-state index in [2.05, 4.69) is 10.6 Å². The van der Waals surface area contributed by atoms with Gasteiger partial charge in [-0.05, 0) is 74.2 Å². The summed E-state index contributed by atoms with van der Waals surface area (Å²) in [7, 11) is 1.20. The van der Waals surface area contributed by atoms with E-state index in [-0.39, 0.29) is 17.0 Å². The van der Waals surface area contributed by atoms with Gasteiger partial charge in [-0.2, -0.15) is 0 Å². The summed E-state index contributed by atoms with van der Waals surface area (Å²) < 4.78 is 32.9. The minimum atomic E-state index is -1.30. The molecule has 2 amide bonds. The SMILES string of the molecule is COC(=O)/C(C)=C/[C@H](NC(=O)c1ccc(-c2ccccc2)cc1F)C(=O)NC(C)(C)Cc1ccc(F)cc1. The summed E-state index contributed by atoms with van der Waals surface area (Å²) in [6.45, 7) is 4.98. The molecule has 1 atom stereocenters. The minimum Gasteiger partial charge on any atom is -0.466 e. The summed E-state index contributed by atoms with van der Waals surface area (Å²) in [5, 5.41) is 5.36. The van der Waals surface area contributed by atoms with Crippen molar-refractivity contribution in [3.8, 4) is 11.1 Å². The molecule has 0 fully saturated rings. The number of esters is 1. The topological polar surface area (TPSA) is 84.5 Å². The summed E-state index contributed by atoms with van der Waals surface area (Å²) >= 11 is 0. The van der Waals surface area contributed by atoms with Crippen LogP contribution in [0.4, 0.5) is 8.78 Å². The van der Waals surface area contributed by atoms with Crippen LogP contribution in [0.1, 0.15) is 36.7 Å². The zero-order valence-electron chi connectivity index (χ0n) is 21.7. The van der Waals surface area contributed by atoms with Gasteiger partial charge in [0.1, 0.15) is 17.7 Å². The Morgan fingerprint density at radius 3 is 2.21 bits per heavy atom. The third-order valence-corrected chi connectivity index (χ3v) is 5.83. The molecule has 3 rings (SSSR count). The van der Waals surface area contributed by atoms with Gasteiger partial charge in [0.25, 0.3) is 5.91 Å². The van der Waals surface area contributed by atoms with Crippen molar-refractivity contribution in [2.75, 3.05) is 7.11 Å². The summed E-state index contributed by atoms with van der Waals surface area (Å²) in [5.74, 6) is -3.25. The number of nitrogens with one attached hydrogen (secondary N) is 2. The van der Waals surface area contributed by atoms with E-state index in [1.165, 1.54) is 44.4 Å². The largest absolute Gasteiger partial charge is 0.466 e. The summed E-state index contributed by atoms with van der Waals surface area (Å²) in [6.07, 6.45) is 1.62. The monoisotopic (exact) mass is 520 g/mol. The van der Waals surface area contributed by atoms with E-state index in [1.54, 1.807) is 32.0 Å². The lowest BCUT2D eigenvalue weighted by atomic mass is 9.94. The van der Waals surface area contributed by atoms with Crippen LogP contribution in [0.25, 0.3) is 11.1 Å². The van der Waals surface area contributed by atoms with Gasteiger partial charge in [-0.3, -0.25) is 9.59 Å². The van der Waals surface area contributed by atoms with Crippen molar-refractivity contribution in [1.82, 2.24) is 10.6 Å².